The summed E-state index contributed by atoms with van der Waals surface area (Å²) in [5.74, 6) is 0.204. The molecule has 1 N–H and O–H groups in total. The standard InChI is InChI=1S/C15H22ClF2NO3S/c1-9-6-11(7-12(16)14(9)22-8-13(17)18)10(2)19(23(20)21)15(3,4)5/h6-7,10,13H,8H2,1-5H3,(H,20,21)/t10-/m1/s1. The predicted octanol–water partition coefficient (Wildman–Crippen LogP) is 4.59. The van der Waals surface area contributed by atoms with E-state index in [0.717, 1.165) is 0 Å². The monoisotopic (exact) mass is 369 g/mol. The Morgan fingerprint density at radius 1 is 1.39 bits per heavy atom. The third kappa shape index (κ3) is 5.38. The van der Waals surface area contributed by atoms with Gasteiger partial charge in [-0.1, -0.05) is 17.7 Å². The second-order valence-electron chi connectivity index (χ2n) is 6.25. The van der Waals surface area contributed by atoms with Crippen LogP contribution in [-0.2, 0) is 11.3 Å². The highest BCUT2D eigenvalue weighted by atomic mass is 35.5. The van der Waals surface area contributed by atoms with Crippen molar-refractivity contribution in [3.63, 3.8) is 0 Å². The van der Waals surface area contributed by atoms with Crippen LogP contribution < -0.4 is 4.74 Å². The molecule has 4 nitrogen and oxygen atoms in total. The molecule has 2 atom stereocenters. The lowest BCUT2D eigenvalue weighted by Crippen LogP contribution is -2.43. The van der Waals surface area contributed by atoms with E-state index in [1.165, 1.54) is 4.31 Å². The molecule has 0 radical (unpaired) electrons. The van der Waals surface area contributed by atoms with Gasteiger partial charge in [0.1, 0.15) is 12.4 Å². The van der Waals surface area contributed by atoms with Crippen molar-refractivity contribution in [1.82, 2.24) is 4.31 Å². The minimum atomic E-state index is -2.59. The second kappa shape index (κ2) is 7.88. The molecule has 0 saturated heterocycles. The molecule has 1 aromatic carbocycles. The summed E-state index contributed by atoms with van der Waals surface area (Å²) in [6.45, 7) is 8.22. The molecular weight excluding hydrogens is 348 g/mol. The third-order valence-electron chi connectivity index (χ3n) is 3.27. The summed E-state index contributed by atoms with van der Waals surface area (Å²) >= 11 is 3.96. The van der Waals surface area contributed by atoms with E-state index in [1.807, 2.05) is 20.8 Å². The summed E-state index contributed by atoms with van der Waals surface area (Å²) in [7, 11) is 0. The maximum absolute atomic E-state index is 12.3. The second-order valence-corrected chi connectivity index (χ2v) is 7.52. The zero-order valence-electron chi connectivity index (χ0n) is 13.8. The number of ether oxygens (including phenoxy) is 1. The number of alkyl halides is 2. The van der Waals surface area contributed by atoms with Crippen LogP contribution >= 0.6 is 11.6 Å². The SMILES string of the molecule is Cc1cc([C@@H](C)N(S(=O)O)C(C)(C)C)cc(Cl)c1OCC(F)F. The van der Waals surface area contributed by atoms with E-state index in [9.17, 15) is 17.5 Å². The largest absolute Gasteiger partial charge is 0.486 e. The first kappa shape index (κ1) is 20.3. The fraction of sp³-hybridized carbons (Fsp3) is 0.600. The molecule has 0 heterocycles. The van der Waals surface area contributed by atoms with Gasteiger partial charge in [0.25, 0.3) is 6.43 Å². The molecular formula is C15H22ClF2NO3S. The third-order valence-corrected chi connectivity index (χ3v) is 4.75. The van der Waals surface area contributed by atoms with E-state index < -0.39 is 35.9 Å². The summed E-state index contributed by atoms with van der Waals surface area (Å²) in [5.41, 5.74) is 0.747. The summed E-state index contributed by atoms with van der Waals surface area (Å²) < 4.78 is 52.3. The van der Waals surface area contributed by atoms with E-state index in [-0.39, 0.29) is 10.8 Å². The topological polar surface area (TPSA) is 49.8 Å². The molecule has 0 amide bonds. The van der Waals surface area contributed by atoms with Crippen LogP contribution in [-0.4, -0.2) is 31.6 Å². The Kier molecular flexibility index (Phi) is 6.95. The number of nitrogens with zero attached hydrogens (tertiary/aromatic N) is 1. The molecule has 132 valence electrons. The molecule has 0 aliphatic heterocycles. The van der Waals surface area contributed by atoms with Crippen molar-refractivity contribution >= 4 is 22.9 Å². The van der Waals surface area contributed by atoms with E-state index >= 15 is 0 Å². The molecule has 0 bridgehead atoms. The molecule has 0 aliphatic carbocycles. The zero-order chi connectivity index (χ0) is 17.9. The average molecular weight is 370 g/mol. The van der Waals surface area contributed by atoms with Crippen LogP contribution in [0.3, 0.4) is 0 Å². The molecule has 23 heavy (non-hydrogen) atoms. The van der Waals surface area contributed by atoms with Gasteiger partial charge in [-0.25, -0.2) is 13.0 Å². The van der Waals surface area contributed by atoms with Crippen molar-refractivity contribution in [1.29, 1.82) is 0 Å². The Morgan fingerprint density at radius 3 is 2.35 bits per heavy atom. The van der Waals surface area contributed by atoms with Gasteiger partial charge in [0, 0.05) is 11.6 Å². The van der Waals surface area contributed by atoms with Gasteiger partial charge < -0.3 is 4.74 Å². The lowest BCUT2D eigenvalue weighted by Gasteiger charge is -2.36. The van der Waals surface area contributed by atoms with Crippen LogP contribution in [0.15, 0.2) is 12.1 Å². The van der Waals surface area contributed by atoms with E-state index in [2.05, 4.69) is 0 Å². The highest BCUT2D eigenvalue weighted by Crippen LogP contribution is 2.36. The Bertz CT molecular complexity index is 555. The highest BCUT2D eigenvalue weighted by molar-refractivity contribution is 7.76. The molecule has 0 spiro atoms. The first-order valence-electron chi connectivity index (χ1n) is 7.06. The van der Waals surface area contributed by atoms with Crippen molar-refractivity contribution in [3.8, 4) is 5.75 Å². The molecule has 1 aromatic rings. The Labute approximate surface area is 143 Å². The quantitative estimate of drug-likeness (QED) is 0.746. The van der Waals surface area contributed by atoms with E-state index in [1.54, 1.807) is 26.0 Å². The number of halogens is 3. The van der Waals surface area contributed by atoms with Gasteiger partial charge in [-0.15, -0.1) is 0 Å². The van der Waals surface area contributed by atoms with Gasteiger partial charge in [-0.05, 0) is 51.8 Å². The zero-order valence-corrected chi connectivity index (χ0v) is 15.3. The minimum absolute atomic E-state index is 0.199. The first-order valence-corrected chi connectivity index (χ1v) is 8.50. The predicted molar refractivity (Wildman–Crippen MR) is 88.5 cm³/mol. The van der Waals surface area contributed by atoms with Crippen LogP contribution in [0.2, 0.25) is 5.02 Å². The molecule has 0 aromatic heterocycles. The van der Waals surface area contributed by atoms with Gasteiger partial charge >= 0.3 is 0 Å². The fourth-order valence-electron chi connectivity index (χ4n) is 2.41. The number of hydrogen-bond donors (Lipinski definition) is 1. The summed E-state index contributed by atoms with van der Waals surface area (Å²) in [6.07, 6.45) is -2.59. The smallest absolute Gasteiger partial charge is 0.272 e. The van der Waals surface area contributed by atoms with Gasteiger partial charge in [0.15, 0.2) is 0 Å². The van der Waals surface area contributed by atoms with E-state index in [0.29, 0.717) is 11.1 Å². The fourth-order valence-corrected chi connectivity index (χ4v) is 3.60. The number of rotatable bonds is 6. The summed E-state index contributed by atoms with van der Waals surface area (Å²) in [6, 6.07) is 2.90. The highest BCUT2D eigenvalue weighted by Gasteiger charge is 2.32. The normalized spacial score (nSPS) is 15.1. The van der Waals surface area contributed by atoms with Gasteiger partial charge in [-0.2, -0.15) is 4.31 Å². The van der Waals surface area contributed by atoms with Crippen LogP contribution in [0.4, 0.5) is 8.78 Å². The molecule has 0 aliphatic rings. The lowest BCUT2D eigenvalue weighted by atomic mass is 10.0. The number of hydrogen-bond acceptors (Lipinski definition) is 2. The van der Waals surface area contributed by atoms with Gasteiger partial charge in [0.05, 0.1) is 5.02 Å². The van der Waals surface area contributed by atoms with Crippen molar-refractivity contribution in [2.24, 2.45) is 0 Å². The molecule has 1 rings (SSSR count). The summed E-state index contributed by atoms with van der Waals surface area (Å²) in [5, 5.41) is 0.199. The van der Waals surface area contributed by atoms with Crippen molar-refractivity contribution in [2.75, 3.05) is 6.61 Å². The molecule has 8 heteroatoms. The number of benzene rings is 1. The van der Waals surface area contributed by atoms with Crippen LogP contribution in [0.5, 0.6) is 5.75 Å². The number of aryl methyl sites for hydroxylation is 1. The van der Waals surface area contributed by atoms with Crippen LogP contribution in [0.1, 0.15) is 44.9 Å². The lowest BCUT2D eigenvalue weighted by molar-refractivity contribution is 0.0816. The maximum Gasteiger partial charge on any atom is 0.272 e. The maximum atomic E-state index is 12.3. The van der Waals surface area contributed by atoms with Gasteiger partial charge in [0.2, 0.25) is 11.3 Å². The average Bonchev–Trinajstić information content (AvgIpc) is 2.34. The van der Waals surface area contributed by atoms with Gasteiger partial charge in [-0.3, -0.25) is 4.55 Å². The Hall–Kier alpha value is -0.760. The van der Waals surface area contributed by atoms with E-state index in [4.69, 9.17) is 16.3 Å². The molecule has 1 unspecified atom stereocenters. The van der Waals surface area contributed by atoms with Crippen LogP contribution in [0.25, 0.3) is 0 Å². The molecule has 0 fully saturated rings. The van der Waals surface area contributed by atoms with Crippen molar-refractivity contribution in [3.05, 3.63) is 28.3 Å². The Balaban J connectivity index is 3.16. The minimum Gasteiger partial charge on any atom is -0.486 e. The summed E-state index contributed by atoms with van der Waals surface area (Å²) in [4.78, 5) is 0. The van der Waals surface area contributed by atoms with Crippen molar-refractivity contribution in [2.45, 2.75) is 52.6 Å². The first-order chi connectivity index (χ1) is 10.4. The van der Waals surface area contributed by atoms with Crippen molar-refractivity contribution < 1.29 is 22.3 Å². The Morgan fingerprint density at radius 2 is 1.96 bits per heavy atom. The van der Waals surface area contributed by atoms with Crippen LogP contribution in [0, 0.1) is 6.92 Å². The molecule has 0 saturated carbocycles.